The molecule has 1 fully saturated rings. The molecule has 30 heavy (non-hydrogen) atoms. The molecule has 0 aliphatic carbocycles. The summed E-state index contributed by atoms with van der Waals surface area (Å²) in [6.07, 6.45) is 0.727. The molecule has 158 valence electrons. The van der Waals surface area contributed by atoms with Gasteiger partial charge in [0.2, 0.25) is 11.8 Å². The topological polar surface area (TPSA) is 87.7 Å². The molecule has 1 aliphatic heterocycles. The lowest BCUT2D eigenvalue weighted by Crippen LogP contribution is -2.47. The fourth-order valence-electron chi connectivity index (χ4n) is 3.32. The van der Waals surface area contributed by atoms with Gasteiger partial charge in [-0.15, -0.1) is 0 Å². The second-order valence-electron chi connectivity index (χ2n) is 7.62. The van der Waals surface area contributed by atoms with Crippen molar-refractivity contribution in [3.63, 3.8) is 0 Å². The van der Waals surface area contributed by atoms with E-state index in [0.29, 0.717) is 18.7 Å². The summed E-state index contributed by atoms with van der Waals surface area (Å²) >= 11 is 0. The van der Waals surface area contributed by atoms with E-state index >= 15 is 0 Å². The number of nitrogens with one attached hydrogen (secondary N) is 2. The summed E-state index contributed by atoms with van der Waals surface area (Å²) in [4.78, 5) is 38.7. The number of benzene rings is 2. The number of nitrogens with zero attached hydrogens (tertiary/aromatic N) is 1. The molecule has 7 heteroatoms. The molecular formula is C23H27N3O4. The van der Waals surface area contributed by atoms with Crippen molar-refractivity contribution in [2.24, 2.45) is 5.92 Å². The summed E-state index contributed by atoms with van der Waals surface area (Å²) in [6, 6.07) is 15.7. The van der Waals surface area contributed by atoms with Crippen LogP contribution in [0, 0.1) is 5.92 Å². The van der Waals surface area contributed by atoms with Crippen molar-refractivity contribution >= 4 is 29.3 Å². The standard InChI is InChI=1S/C23H27N3O4/c1-16(2)21(25-23(29)30-15-17-8-4-3-5-9-17)22(28)24-18-10-6-11-19(14-18)26-13-7-12-20(26)27/h3-6,8-11,14,16,21H,7,12-13,15H2,1-2H3,(H,24,28)(H,25,29)/t21-/m0/s1. The molecule has 0 unspecified atom stereocenters. The van der Waals surface area contributed by atoms with Crippen LogP contribution in [0.15, 0.2) is 54.6 Å². The van der Waals surface area contributed by atoms with Gasteiger partial charge in [-0.25, -0.2) is 4.79 Å². The number of anilines is 2. The molecule has 1 aliphatic rings. The third-order valence-corrected chi connectivity index (χ3v) is 4.93. The molecule has 3 rings (SSSR count). The van der Waals surface area contributed by atoms with E-state index in [2.05, 4.69) is 10.6 Å². The van der Waals surface area contributed by atoms with Crippen LogP contribution in [-0.2, 0) is 20.9 Å². The minimum atomic E-state index is -0.759. The number of amides is 3. The third-order valence-electron chi connectivity index (χ3n) is 4.93. The Kier molecular flexibility index (Phi) is 7.06. The van der Waals surface area contributed by atoms with Crippen molar-refractivity contribution in [3.8, 4) is 0 Å². The van der Waals surface area contributed by atoms with Crippen molar-refractivity contribution in [1.82, 2.24) is 5.32 Å². The van der Waals surface area contributed by atoms with Crippen molar-refractivity contribution in [2.75, 3.05) is 16.8 Å². The first-order chi connectivity index (χ1) is 14.4. The van der Waals surface area contributed by atoms with Gasteiger partial charge < -0.3 is 20.3 Å². The van der Waals surface area contributed by atoms with Crippen molar-refractivity contribution in [3.05, 3.63) is 60.2 Å². The van der Waals surface area contributed by atoms with Crippen LogP contribution in [0.5, 0.6) is 0 Å². The number of ether oxygens (including phenoxy) is 1. The first kappa shape index (κ1) is 21.4. The van der Waals surface area contributed by atoms with Crippen molar-refractivity contribution in [1.29, 1.82) is 0 Å². The van der Waals surface area contributed by atoms with E-state index < -0.39 is 12.1 Å². The van der Waals surface area contributed by atoms with Gasteiger partial charge in [-0.1, -0.05) is 50.2 Å². The molecule has 1 heterocycles. The third kappa shape index (κ3) is 5.59. The van der Waals surface area contributed by atoms with E-state index in [9.17, 15) is 14.4 Å². The van der Waals surface area contributed by atoms with Gasteiger partial charge in [0.15, 0.2) is 0 Å². The van der Waals surface area contributed by atoms with Crippen LogP contribution >= 0.6 is 0 Å². The summed E-state index contributed by atoms with van der Waals surface area (Å²) in [5.74, 6) is -0.398. The van der Waals surface area contributed by atoms with Gasteiger partial charge in [0.25, 0.3) is 0 Å². The van der Waals surface area contributed by atoms with Gasteiger partial charge in [0.05, 0.1) is 0 Å². The predicted octanol–water partition coefficient (Wildman–Crippen LogP) is 3.70. The van der Waals surface area contributed by atoms with E-state index in [1.165, 1.54) is 0 Å². The first-order valence-electron chi connectivity index (χ1n) is 10.1. The molecule has 0 saturated carbocycles. The number of carbonyl (C=O) groups is 3. The lowest BCUT2D eigenvalue weighted by Gasteiger charge is -2.22. The fourth-order valence-corrected chi connectivity index (χ4v) is 3.32. The Labute approximate surface area is 176 Å². The Bertz CT molecular complexity index is 898. The largest absolute Gasteiger partial charge is 0.445 e. The molecule has 7 nitrogen and oxygen atoms in total. The maximum absolute atomic E-state index is 12.8. The van der Waals surface area contributed by atoms with Gasteiger partial charge in [0.1, 0.15) is 12.6 Å². The summed E-state index contributed by atoms with van der Waals surface area (Å²) in [5, 5.41) is 5.48. The molecule has 1 saturated heterocycles. The summed E-state index contributed by atoms with van der Waals surface area (Å²) in [7, 11) is 0. The van der Waals surface area contributed by atoms with E-state index in [1.807, 2.05) is 50.2 Å². The second-order valence-corrected chi connectivity index (χ2v) is 7.62. The number of alkyl carbamates (subject to hydrolysis) is 1. The SMILES string of the molecule is CC(C)[C@H](NC(=O)OCc1ccccc1)C(=O)Nc1cccc(N2CCCC2=O)c1. The van der Waals surface area contributed by atoms with Gasteiger partial charge in [-0.05, 0) is 36.1 Å². The van der Waals surface area contributed by atoms with Gasteiger partial charge in [0, 0.05) is 24.3 Å². The quantitative estimate of drug-likeness (QED) is 0.730. The molecule has 1 atom stereocenters. The Hall–Kier alpha value is -3.35. The maximum atomic E-state index is 12.8. The van der Waals surface area contributed by atoms with Crippen molar-refractivity contribution in [2.45, 2.75) is 39.3 Å². The Morgan fingerprint density at radius 3 is 2.53 bits per heavy atom. The fraction of sp³-hybridized carbons (Fsp3) is 0.348. The van der Waals surface area contributed by atoms with Crippen LogP contribution in [0.1, 0.15) is 32.3 Å². The van der Waals surface area contributed by atoms with Crippen LogP contribution in [-0.4, -0.2) is 30.5 Å². The molecule has 0 radical (unpaired) electrons. The van der Waals surface area contributed by atoms with Gasteiger partial charge >= 0.3 is 6.09 Å². The Morgan fingerprint density at radius 2 is 1.87 bits per heavy atom. The minimum Gasteiger partial charge on any atom is -0.445 e. The molecular weight excluding hydrogens is 382 g/mol. The molecule has 2 N–H and O–H groups in total. The summed E-state index contributed by atoms with van der Waals surface area (Å²) in [5.41, 5.74) is 2.19. The average molecular weight is 409 g/mol. The lowest BCUT2D eigenvalue weighted by molar-refractivity contribution is -0.119. The zero-order valence-electron chi connectivity index (χ0n) is 17.3. The number of carbonyl (C=O) groups excluding carboxylic acids is 3. The molecule has 0 bridgehead atoms. The highest BCUT2D eigenvalue weighted by Gasteiger charge is 2.26. The Morgan fingerprint density at radius 1 is 1.10 bits per heavy atom. The lowest BCUT2D eigenvalue weighted by atomic mass is 10.0. The zero-order chi connectivity index (χ0) is 21.5. The van der Waals surface area contributed by atoms with E-state index in [1.54, 1.807) is 23.1 Å². The zero-order valence-corrected chi connectivity index (χ0v) is 17.3. The van der Waals surface area contributed by atoms with Crippen molar-refractivity contribution < 1.29 is 19.1 Å². The highest BCUT2D eigenvalue weighted by Crippen LogP contribution is 2.24. The molecule has 0 aromatic heterocycles. The maximum Gasteiger partial charge on any atom is 0.408 e. The number of rotatable bonds is 7. The monoisotopic (exact) mass is 409 g/mol. The molecule has 2 aromatic rings. The summed E-state index contributed by atoms with van der Waals surface area (Å²) < 4.78 is 5.23. The second kappa shape index (κ2) is 9.91. The average Bonchev–Trinajstić information content (AvgIpc) is 3.17. The van der Waals surface area contributed by atoms with Crippen LogP contribution in [0.25, 0.3) is 0 Å². The predicted molar refractivity (Wildman–Crippen MR) is 115 cm³/mol. The Balaban J connectivity index is 1.60. The molecule has 2 aromatic carbocycles. The van der Waals surface area contributed by atoms with Gasteiger partial charge in [-0.3, -0.25) is 9.59 Å². The molecule has 0 spiro atoms. The molecule has 3 amide bonds. The highest BCUT2D eigenvalue weighted by molar-refractivity contribution is 5.99. The number of hydrogen-bond donors (Lipinski definition) is 2. The summed E-state index contributed by atoms with van der Waals surface area (Å²) in [6.45, 7) is 4.51. The van der Waals surface area contributed by atoms with Crippen LogP contribution in [0.3, 0.4) is 0 Å². The van der Waals surface area contributed by atoms with Crippen LogP contribution < -0.4 is 15.5 Å². The van der Waals surface area contributed by atoms with Gasteiger partial charge in [-0.2, -0.15) is 0 Å². The van der Waals surface area contributed by atoms with Crippen LogP contribution in [0.4, 0.5) is 16.2 Å². The van der Waals surface area contributed by atoms with Crippen LogP contribution in [0.2, 0.25) is 0 Å². The normalized spacial score (nSPS) is 14.5. The first-order valence-corrected chi connectivity index (χ1v) is 10.1. The highest BCUT2D eigenvalue weighted by atomic mass is 16.5. The smallest absolute Gasteiger partial charge is 0.408 e. The minimum absolute atomic E-state index is 0.0846. The van der Waals surface area contributed by atoms with E-state index in [4.69, 9.17) is 4.74 Å². The van der Waals surface area contributed by atoms with E-state index in [-0.39, 0.29) is 24.3 Å². The van der Waals surface area contributed by atoms with E-state index in [0.717, 1.165) is 17.7 Å². The number of hydrogen-bond acceptors (Lipinski definition) is 4.